The second kappa shape index (κ2) is 5.54. The lowest BCUT2D eigenvalue weighted by atomic mass is 9.56. The third-order valence-corrected chi connectivity index (χ3v) is 6.40. The summed E-state index contributed by atoms with van der Waals surface area (Å²) >= 11 is 0. The van der Waals surface area contributed by atoms with Crippen LogP contribution >= 0.6 is 0 Å². The van der Waals surface area contributed by atoms with E-state index in [4.69, 9.17) is 0 Å². The highest BCUT2D eigenvalue weighted by atomic mass is 16.3. The molecule has 4 fully saturated rings. The van der Waals surface area contributed by atoms with Gasteiger partial charge in [-0.15, -0.1) is 0 Å². The van der Waals surface area contributed by atoms with E-state index in [1.54, 1.807) is 0 Å². The monoisotopic (exact) mass is 315 g/mol. The Morgan fingerprint density at radius 1 is 1.09 bits per heavy atom. The van der Waals surface area contributed by atoms with Crippen LogP contribution in [0.2, 0.25) is 0 Å². The van der Waals surface area contributed by atoms with Gasteiger partial charge in [-0.2, -0.15) is 0 Å². The molecule has 4 aliphatic rings. The molecule has 0 aliphatic carbocycles. The number of nitrogens with zero attached hydrogens (tertiary/aromatic N) is 3. The van der Waals surface area contributed by atoms with Crippen LogP contribution in [0.15, 0.2) is 24.5 Å². The summed E-state index contributed by atoms with van der Waals surface area (Å²) in [6, 6.07) is 4.25. The number of rotatable bonds is 5. The van der Waals surface area contributed by atoms with Crippen LogP contribution in [0.5, 0.6) is 0 Å². The van der Waals surface area contributed by atoms with Crippen LogP contribution in [-0.2, 0) is 0 Å². The number of piperidine rings is 2. The SMILES string of the molecule is CCCC12CN3CC(CCC)(CN(C1)C3c1cccnc1)C2O. The molecule has 4 saturated heterocycles. The lowest BCUT2D eigenvalue weighted by Gasteiger charge is -2.70. The molecule has 0 radical (unpaired) electrons. The predicted octanol–water partition coefficient (Wildman–Crippen LogP) is 2.66. The van der Waals surface area contributed by atoms with Gasteiger partial charge in [-0.05, 0) is 18.9 Å². The average molecular weight is 315 g/mol. The van der Waals surface area contributed by atoms with Crippen LogP contribution in [-0.4, -0.2) is 52.2 Å². The fourth-order valence-corrected chi connectivity index (χ4v) is 5.94. The van der Waals surface area contributed by atoms with Crippen molar-refractivity contribution in [2.75, 3.05) is 26.2 Å². The minimum absolute atomic E-state index is 0.0686. The fourth-order valence-electron chi connectivity index (χ4n) is 5.94. The van der Waals surface area contributed by atoms with Gasteiger partial charge in [0.15, 0.2) is 0 Å². The maximum Gasteiger partial charge on any atom is 0.0902 e. The van der Waals surface area contributed by atoms with Crippen molar-refractivity contribution < 1.29 is 5.11 Å². The molecule has 1 aromatic heterocycles. The first kappa shape index (κ1) is 15.6. The molecule has 0 amide bonds. The minimum Gasteiger partial charge on any atom is -0.392 e. The zero-order chi connectivity index (χ0) is 16.1. The molecule has 23 heavy (non-hydrogen) atoms. The molecule has 4 heteroatoms. The molecule has 5 heterocycles. The highest BCUT2D eigenvalue weighted by Gasteiger charge is 2.64. The summed E-state index contributed by atoms with van der Waals surface area (Å²) < 4.78 is 0. The van der Waals surface area contributed by atoms with E-state index in [2.05, 4.69) is 34.7 Å². The van der Waals surface area contributed by atoms with Gasteiger partial charge in [0.25, 0.3) is 0 Å². The zero-order valence-corrected chi connectivity index (χ0v) is 14.4. The average Bonchev–Trinajstić information content (AvgIpc) is 2.53. The molecule has 0 spiro atoms. The standard InChI is InChI=1S/C19H29N3O/c1-3-7-18-11-21-13-19(8-4-2,17(18)23)14-22(12-18)16(21)15-6-5-9-20-10-15/h5-6,9-10,16-17,23H,3-4,7-8,11-14H2,1-2H3. The normalized spacial score (nSPS) is 44.7. The summed E-state index contributed by atoms with van der Waals surface area (Å²) in [6.07, 6.45) is 8.65. The van der Waals surface area contributed by atoms with Crippen molar-refractivity contribution in [3.05, 3.63) is 30.1 Å². The van der Waals surface area contributed by atoms with Crippen molar-refractivity contribution in [2.45, 2.75) is 51.8 Å². The Labute approximate surface area is 139 Å². The summed E-state index contributed by atoms with van der Waals surface area (Å²) in [5.41, 5.74) is 1.44. The van der Waals surface area contributed by atoms with E-state index >= 15 is 0 Å². The molecule has 0 saturated carbocycles. The summed E-state index contributed by atoms with van der Waals surface area (Å²) in [7, 11) is 0. The zero-order valence-electron chi connectivity index (χ0n) is 14.4. The van der Waals surface area contributed by atoms with Crippen molar-refractivity contribution in [3.63, 3.8) is 0 Å². The fraction of sp³-hybridized carbons (Fsp3) is 0.737. The van der Waals surface area contributed by atoms with Crippen molar-refractivity contribution in [1.82, 2.24) is 14.8 Å². The van der Waals surface area contributed by atoms with E-state index in [1.807, 2.05) is 18.5 Å². The Kier molecular flexibility index (Phi) is 3.74. The second-order valence-corrected chi connectivity index (χ2v) is 8.10. The number of aliphatic hydroxyl groups excluding tert-OH is 1. The molecule has 126 valence electrons. The molecule has 0 atom stereocenters. The summed E-state index contributed by atoms with van der Waals surface area (Å²) in [6.45, 7) is 8.63. The third kappa shape index (κ3) is 2.19. The summed E-state index contributed by atoms with van der Waals surface area (Å²) in [5, 5.41) is 11.3. The van der Waals surface area contributed by atoms with Crippen molar-refractivity contribution in [1.29, 1.82) is 0 Å². The Balaban J connectivity index is 1.72. The molecule has 0 unspecified atom stereocenters. The molecule has 1 N–H and O–H groups in total. The van der Waals surface area contributed by atoms with E-state index in [0.717, 1.165) is 51.9 Å². The van der Waals surface area contributed by atoms with E-state index in [9.17, 15) is 5.11 Å². The number of pyridine rings is 1. The topological polar surface area (TPSA) is 39.6 Å². The first-order valence-electron chi connectivity index (χ1n) is 9.20. The molecular weight excluding hydrogens is 286 g/mol. The summed E-state index contributed by atoms with van der Waals surface area (Å²) in [5.74, 6) is 0. The molecular formula is C19H29N3O. The first-order valence-corrected chi connectivity index (χ1v) is 9.20. The van der Waals surface area contributed by atoms with Crippen molar-refractivity contribution in [2.24, 2.45) is 10.8 Å². The highest BCUT2D eigenvalue weighted by molar-refractivity contribution is 5.22. The van der Waals surface area contributed by atoms with Gasteiger partial charge in [-0.1, -0.05) is 32.8 Å². The van der Waals surface area contributed by atoms with Crippen molar-refractivity contribution >= 4 is 0 Å². The maximum absolute atomic E-state index is 11.3. The quantitative estimate of drug-likeness (QED) is 0.907. The first-order chi connectivity index (χ1) is 11.1. The summed E-state index contributed by atoms with van der Waals surface area (Å²) in [4.78, 5) is 9.59. The van der Waals surface area contributed by atoms with Gasteiger partial charge in [0, 0.05) is 55.0 Å². The Morgan fingerprint density at radius 2 is 1.65 bits per heavy atom. The number of hydrogen-bond acceptors (Lipinski definition) is 4. The third-order valence-electron chi connectivity index (χ3n) is 6.40. The Morgan fingerprint density at radius 3 is 2.09 bits per heavy atom. The molecule has 0 aromatic carbocycles. The minimum atomic E-state index is -0.141. The van der Waals surface area contributed by atoms with Gasteiger partial charge in [0.05, 0.1) is 12.3 Å². The van der Waals surface area contributed by atoms with Gasteiger partial charge in [0.1, 0.15) is 0 Å². The van der Waals surface area contributed by atoms with Crippen LogP contribution in [0.3, 0.4) is 0 Å². The van der Waals surface area contributed by atoms with Crippen LogP contribution < -0.4 is 0 Å². The molecule has 5 rings (SSSR count). The smallest absolute Gasteiger partial charge is 0.0902 e. The van der Waals surface area contributed by atoms with Gasteiger partial charge in [-0.3, -0.25) is 14.8 Å². The number of aliphatic hydroxyl groups is 1. The molecule has 4 nitrogen and oxygen atoms in total. The van der Waals surface area contributed by atoms with E-state index in [1.165, 1.54) is 5.56 Å². The van der Waals surface area contributed by atoms with Crippen LogP contribution in [0, 0.1) is 10.8 Å². The largest absolute Gasteiger partial charge is 0.392 e. The second-order valence-electron chi connectivity index (χ2n) is 8.10. The molecule has 4 bridgehead atoms. The molecule has 1 aromatic rings. The Hall–Kier alpha value is -0.970. The van der Waals surface area contributed by atoms with Gasteiger partial charge >= 0.3 is 0 Å². The van der Waals surface area contributed by atoms with E-state index < -0.39 is 0 Å². The molecule has 4 aliphatic heterocycles. The van der Waals surface area contributed by atoms with Gasteiger partial charge < -0.3 is 5.11 Å². The van der Waals surface area contributed by atoms with E-state index in [-0.39, 0.29) is 16.9 Å². The van der Waals surface area contributed by atoms with Crippen LogP contribution in [0.1, 0.15) is 51.3 Å². The maximum atomic E-state index is 11.3. The van der Waals surface area contributed by atoms with Crippen LogP contribution in [0.4, 0.5) is 0 Å². The van der Waals surface area contributed by atoms with Crippen molar-refractivity contribution in [3.8, 4) is 0 Å². The number of aromatic nitrogens is 1. The Bertz CT molecular complexity index is 519. The lowest BCUT2D eigenvalue weighted by Crippen LogP contribution is -2.78. The highest BCUT2D eigenvalue weighted by Crippen LogP contribution is 2.57. The lowest BCUT2D eigenvalue weighted by molar-refractivity contribution is -0.268. The van der Waals surface area contributed by atoms with Gasteiger partial charge in [-0.25, -0.2) is 0 Å². The van der Waals surface area contributed by atoms with E-state index in [0.29, 0.717) is 6.17 Å². The van der Waals surface area contributed by atoms with Crippen LogP contribution in [0.25, 0.3) is 0 Å². The number of hydrogen-bond donors (Lipinski definition) is 1. The van der Waals surface area contributed by atoms with Gasteiger partial charge in [0.2, 0.25) is 0 Å². The predicted molar refractivity (Wildman–Crippen MR) is 90.8 cm³/mol.